The molecule has 0 heterocycles. The molecule has 0 aromatic heterocycles. The van der Waals surface area contributed by atoms with Gasteiger partial charge in [0, 0.05) is 0 Å². The van der Waals surface area contributed by atoms with Crippen LogP contribution >= 0.6 is 15.5 Å². The Bertz CT molecular complexity index is 585. The van der Waals surface area contributed by atoms with Crippen LogP contribution in [0, 0.1) is 11.8 Å². The Morgan fingerprint density at radius 1 is 0.966 bits per heavy atom. The Hall–Kier alpha value is -0.130. The molecule has 1 fully saturated rings. The van der Waals surface area contributed by atoms with E-state index in [1.165, 1.54) is 62.3 Å². The standard InChI is InChI=1S/C24H43F3P2/c1-5-28(6-2,18-22-11-9-20(3)10-12-22)17-7-8-21(4)24-15-13-23(14-16-24)19-29(25,26)27/h13-16,20-22,28-29H,5-12,17-19H2,1-4H3. The van der Waals surface area contributed by atoms with E-state index in [1.807, 2.05) is 12.1 Å². The van der Waals surface area contributed by atoms with Crippen molar-refractivity contribution in [3.8, 4) is 0 Å². The quantitative estimate of drug-likeness (QED) is 0.295. The van der Waals surface area contributed by atoms with Gasteiger partial charge in [0.25, 0.3) is 0 Å². The summed E-state index contributed by atoms with van der Waals surface area (Å²) in [5, 5.41) is 0. The van der Waals surface area contributed by atoms with Crippen molar-refractivity contribution in [2.75, 3.05) is 24.6 Å². The summed E-state index contributed by atoms with van der Waals surface area (Å²) in [6, 6.07) is 7.22. The van der Waals surface area contributed by atoms with E-state index >= 15 is 0 Å². The number of rotatable bonds is 11. The first-order valence-electron chi connectivity index (χ1n) is 11.8. The predicted octanol–water partition coefficient (Wildman–Crippen LogP) is 9.09. The molecule has 1 aromatic carbocycles. The molecule has 1 unspecified atom stereocenters. The predicted molar refractivity (Wildman–Crippen MR) is 130 cm³/mol. The number of halogens is 3. The van der Waals surface area contributed by atoms with Gasteiger partial charge in [-0.15, -0.1) is 0 Å². The van der Waals surface area contributed by atoms with Gasteiger partial charge in [-0.25, -0.2) is 0 Å². The van der Waals surface area contributed by atoms with Gasteiger partial charge in [-0.2, -0.15) is 0 Å². The number of hydrogen-bond donors (Lipinski definition) is 0. The van der Waals surface area contributed by atoms with E-state index in [0.717, 1.165) is 18.3 Å². The molecule has 2 rings (SSSR count). The molecule has 1 atom stereocenters. The van der Waals surface area contributed by atoms with Crippen LogP contribution in [0.1, 0.15) is 83.3 Å². The molecule has 0 N–H and O–H groups in total. The molecule has 1 aliphatic rings. The Morgan fingerprint density at radius 2 is 1.55 bits per heavy atom. The second-order valence-corrected chi connectivity index (χ2v) is 16.8. The Balaban J connectivity index is 1.85. The third kappa shape index (κ3) is 8.49. The molecule has 0 nitrogen and oxygen atoms in total. The summed E-state index contributed by atoms with van der Waals surface area (Å²) < 4.78 is 38.0. The molecular formula is C24H43F3P2. The van der Waals surface area contributed by atoms with Crippen LogP contribution in [0.4, 0.5) is 12.6 Å². The molecule has 0 spiro atoms. The van der Waals surface area contributed by atoms with Gasteiger partial charge in [0.2, 0.25) is 0 Å². The van der Waals surface area contributed by atoms with Gasteiger partial charge in [-0.05, 0) is 0 Å². The first-order valence-corrected chi connectivity index (χ1v) is 16.5. The van der Waals surface area contributed by atoms with Crippen LogP contribution < -0.4 is 0 Å². The SMILES string of the molecule is CC[PH](CC)(CCCC(C)c1ccc(C[PH](F)(F)F)cc1)CC1CCC(C)CC1. The van der Waals surface area contributed by atoms with Crippen LogP contribution in [0.3, 0.4) is 0 Å². The molecule has 0 saturated heterocycles. The van der Waals surface area contributed by atoms with Crippen LogP contribution in [0.15, 0.2) is 24.3 Å². The van der Waals surface area contributed by atoms with E-state index < -0.39 is 21.6 Å². The monoisotopic (exact) mass is 450 g/mol. The third-order valence-corrected chi connectivity index (χ3v) is 14.3. The van der Waals surface area contributed by atoms with Gasteiger partial charge in [-0.1, -0.05) is 0 Å². The molecule has 1 aromatic rings. The van der Waals surface area contributed by atoms with Crippen molar-refractivity contribution >= 4 is 15.5 Å². The van der Waals surface area contributed by atoms with E-state index in [9.17, 15) is 12.6 Å². The van der Waals surface area contributed by atoms with Gasteiger partial charge in [0.1, 0.15) is 0 Å². The van der Waals surface area contributed by atoms with Gasteiger partial charge < -0.3 is 0 Å². The average Bonchev–Trinajstić information content (AvgIpc) is 2.68. The summed E-state index contributed by atoms with van der Waals surface area (Å²) in [5.41, 5.74) is 1.62. The molecular weight excluding hydrogens is 407 g/mol. The summed E-state index contributed by atoms with van der Waals surface area (Å²) in [5.74, 6) is 2.33. The molecule has 0 bridgehead atoms. The minimum atomic E-state index is -5.51. The summed E-state index contributed by atoms with van der Waals surface area (Å²) >= 11 is 0. The Morgan fingerprint density at radius 3 is 2.07 bits per heavy atom. The van der Waals surface area contributed by atoms with Crippen molar-refractivity contribution in [1.29, 1.82) is 0 Å². The van der Waals surface area contributed by atoms with E-state index in [2.05, 4.69) is 27.7 Å². The van der Waals surface area contributed by atoms with Crippen molar-refractivity contribution in [1.82, 2.24) is 0 Å². The van der Waals surface area contributed by atoms with E-state index in [4.69, 9.17) is 0 Å². The molecule has 5 heteroatoms. The first-order chi connectivity index (χ1) is 13.7. The van der Waals surface area contributed by atoms with Gasteiger partial charge in [0.05, 0.1) is 0 Å². The number of benzene rings is 1. The zero-order valence-corrected chi connectivity index (χ0v) is 21.0. The van der Waals surface area contributed by atoms with Crippen LogP contribution in [0.5, 0.6) is 0 Å². The maximum absolute atomic E-state index is 12.7. The molecule has 0 aliphatic heterocycles. The molecule has 1 aliphatic carbocycles. The second kappa shape index (κ2) is 11.5. The molecule has 29 heavy (non-hydrogen) atoms. The summed E-state index contributed by atoms with van der Waals surface area (Å²) in [6.07, 6.45) is 13.2. The average molecular weight is 451 g/mol. The molecule has 0 amide bonds. The van der Waals surface area contributed by atoms with Gasteiger partial charge in [-0.3, -0.25) is 0 Å². The van der Waals surface area contributed by atoms with Crippen molar-refractivity contribution < 1.29 is 12.6 Å². The van der Waals surface area contributed by atoms with Crippen molar-refractivity contribution in [3.05, 3.63) is 35.4 Å². The third-order valence-electron chi connectivity index (χ3n) is 7.65. The first kappa shape index (κ1) is 25.1. The second-order valence-electron chi connectivity index (χ2n) is 9.86. The fourth-order valence-corrected chi connectivity index (χ4v) is 10.6. The summed E-state index contributed by atoms with van der Waals surface area (Å²) in [4.78, 5) is 0. The minimum absolute atomic E-state index is 0.422. The molecule has 0 radical (unpaired) electrons. The van der Waals surface area contributed by atoms with Crippen LogP contribution in [-0.4, -0.2) is 24.6 Å². The zero-order chi connectivity index (χ0) is 21.5. The van der Waals surface area contributed by atoms with Crippen LogP contribution in [0.2, 0.25) is 0 Å². The zero-order valence-electron chi connectivity index (χ0n) is 19.0. The van der Waals surface area contributed by atoms with E-state index in [-0.39, 0.29) is 0 Å². The fraction of sp³-hybridized carbons (Fsp3) is 0.750. The summed E-state index contributed by atoms with van der Waals surface area (Å²) in [7, 11) is -6.69. The fourth-order valence-electron chi connectivity index (χ4n) is 5.29. The molecule has 1 saturated carbocycles. The van der Waals surface area contributed by atoms with Crippen molar-refractivity contribution in [2.24, 2.45) is 11.8 Å². The van der Waals surface area contributed by atoms with E-state index in [0.29, 0.717) is 11.5 Å². The maximum atomic E-state index is 12.7. The topological polar surface area (TPSA) is 0 Å². The van der Waals surface area contributed by atoms with Crippen LogP contribution in [-0.2, 0) is 6.16 Å². The molecule has 170 valence electrons. The Kier molecular flexibility index (Phi) is 9.95. The van der Waals surface area contributed by atoms with E-state index in [1.54, 1.807) is 12.1 Å². The van der Waals surface area contributed by atoms with Gasteiger partial charge >= 0.3 is 178 Å². The number of hydrogen-bond acceptors (Lipinski definition) is 0. The normalized spacial score (nSPS) is 23.0. The van der Waals surface area contributed by atoms with Crippen molar-refractivity contribution in [2.45, 2.75) is 78.3 Å². The van der Waals surface area contributed by atoms with Crippen molar-refractivity contribution in [3.63, 3.8) is 0 Å². The van der Waals surface area contributed by atoms with Crippen LogP contribution in [0.25, 0.3) is 0 Å². The summed E-state index contributed by atoms with van der Waals surface area (Å²) in [6.45, 7) is 9.48. The Labute approximate surface area is 178 Å². The van der Waals surface area contributed by atoms with Gasteiger partial charge in [0.15, 0.2) is 0 Å².